The van der Waals surface area contributed by atoms with Crippen LogP contribution >= 0.6 is 18.3 Å². The van der Waals surface area contributed by atoms with Gasteiger partial charge < -0.3 is 9.38 Å². The van der Waals surface area contributed by atoms with E-state index in [-0.39, 0.29) is 0 Å². The van der Waals surface area contributed by atoms with Gasteiger partial charge >= 0.3 is 0 Å². The number of nitrogens with zero attached hydrogens (tertiary/aromatic N) is 1. The molecule has 0 radical (unpaired) electrons. The predicted octanol–water partition coefficient (Wildman–Crippen LogP) is 2.55. The van der Waals surface area contributed by atoms with Crippen LogP contribution in [-0.2, 0) is 4.57 Å². The Kier molecular flexibility index (Phi) is 9.15. The summed E-state index contributed by atoms with van der Waals surface area (Å²) in [5.74, 6) is 0. The van der Waals surface area contributed by atoms with Crippen molar-refractivity contribution in [2.24, 2.45) is 0 Å². The maximum atomic E-state index is 10.5. The number of rotatable bonds is 4. The third-order valence-corrected chi connectivity index (χ3v) is 2.68. The minimum absolute atomic E-state index is 1.28. The average molecular weight is 248 g/mol. The van der Waals surface area contributed by atoms with Gasteiger partial charge in [0.2, 0.25) is 0 Å². The smallest absolute Gasteiger partial charge is 0.268 e. The Balaban J connectivity index is 0. The van der Waals surface area contributed by atoms with Crippen molar-refractivity contribution in [1.29, 1.82) is 0 Å². The fraction of sp³-hybridized carbons (Fsp3) is 1.00. The molecule has 0 bridgehead atoms. The van der Waals surface area contributed by atoms with Gasteiger partial charge in [-0.05, 0) is 38.9 Å². The molecule has 0 N–H and O–H groups in total. The van der Waals surface area contributed by atoms with E-state index in [0.717, 1.165) is 0 Å². The van der Waals surface area contributed by atoms with Gasteiger partial charge in [0.25, 0.3) is 7.03 Å². The molecule has 0 saturated carbocycles. The van der Waals surface area contributed by atoms with Gasteiger partial charge in [0.15, 0.2) is 0 Å². The van der Waals surface area contributed by atoms with Crippen LogP contribution < -0.4 is 4.89 Å². The fourth-order valence-electron chi connectivity index (χ4n) is 1.34. The van der Waals surface area contributed by atoms with Gasteiger partial charge in [-0.25, -0.2) is 0 Å². The summed E-state index contributed by atoms with van der Waals surface area (Å²) in [6.45, 7) is 14.2. The van der Waals surface area contributed by atoms with E-state index in [1.807, 2.05) is 0 Å². The Bertz CT molecular complexity index is 156. The molecule has 0 aliphatic rings. The molecule has 0 aromatic carbocycles. The van der Waals surface area contributed by atoms with Crippen molar-refractivity contribution in [3.8, 4) is 0 Å². The normalized spacial score (nSPS) is 15.4. The van der Waals surface area contributed by atoms with E-state index in [1.54, 1.807) is 0 Å². The van der Waals surface area contributed by atoms with Crippen LogP contribution in [0.3, 0.4) is 0 Å². The first-order valence-electron chi connectivity index (χ1n) is 4.80. The van der Waals surface area contributed by atoms with Gasteiger partial charge in [-0.1, -0.05) is 0 Å². The summed E-state index contributed by atoms with van der Waals surface area (Å²) in [5, 5.41) is 0. The zero-order valence-corrected chi connectivity index (χ0v) is 10.9. The van der Waals surface area contributed by atoms with Crippen molar-refractivity contribution in [2.75, 3.05) is 26.2 Å². The van der Waals surface area contributed by atoms with Gasteiger partial charge in [-0.15, -0.1) is 0 Å². The maximum absolute atomic E-state index is 10.5. The molecule has 0 aromatic rings. The Hall–Kier alpha value is 0.370. The summed E-state index contributed by atoms with van der Waals surface area (Å²) in [6.07, 6.45) is 0. The van der Waals surface area contributed by atoms with E-state index in [9.17, 15) is 4.20 Å². The lowest BCUT2D eigenvalue weighted by Gasteiger charge is -2.34. The number of hydrogen-bond acceptors (Lipinski definition) is 2. The second-order valence-electron chi connectivity index (χ2n) is 3.02. The van der Waals surface area contributed by atoms with Crippen LogP contribution in [0.4, 0.5) is 4.20 Å². The highest BCUT2D eigenvalue weighted by Crippen LogP contribution is 2.42. The van der Waals surface area contributed by atoms with Crippen molar-refractivity contribution in [1.82, 2.24) is 0 Å². The SMILES string of the molecule is CC[N+](CC)(CC)CC.O=P([O-])(F)Cl. The van der Waals surface area contributed by atoms with Gasteiger partial charge in [0, 0.05) is 0 Å². The van der Waals surface area contributed by atoms with Crippen molar-refractivity contribution in [2.45, 2.75) is 27.7 Å². The molecule has 0 saturated heterocycles. The molecule has 0 spiro atoms. The van der Waals surface area contributed by atoms with Gasteiger partial charge in [-0.2, -0.15) is 4.20 Å². The van der Waals surface area contributed by atoms with Crippen LogP contribution in [0.2, 0.25) is 0 Å². The minimum atomic E-state index is -4.92. The molecule has 3 nitrogen and oxygen atoms in total. The maximum Gasteiger partial charge on any atom is 0.268 e. The zero-order chi connectivity index (χ0) is 11.8. The largest absolute Gasteiger partial charge is 0.763 e. The van der Waals surface area contributed by atoms with Crippen molar-refractivity contribution < 1.29 is 18.1 Å². The first-order valence-corrected chi connectivity index (χ1v) is 7.22. The Morgan fingerprint density at radius 3 is 1.29 bits per heavy atom. The highest BCUT2D eigenvalue weighted by atomic mass is 35.7. The van der Waals surface area contributed by atoms with Gasteiger partial charge in [-0.3, -0.25) is 4.57 Å². The molecule has 88 valence electrons. The van der Waals surface area contributed by atoms with E-state index >= 15 is 0 Å². The summed E-state index contributed by atoms with van der Waals surface area (Å²) in [7, 11) is -4.92. The second kappa shape index (κ2) is 7.63. The molecule has 0 fully saturated rings. The highest BCUT2D eigenvalue weighted by Gasteiger charge is 2.16. The first-order chi connectivity index (χ1) is 6.24. The Morgan fingerprint density at radius 2 is 1.29 bits per heavy atom. The molecule has 0 aliphatic carbocycles. The van der Waals surface area contributed by atoms with E-state index in [2.05, 4.69) is 38.9 Å². The summed E-state index contributed by atoms with van der Waals surface area (Å²) in [4.78, 5) is 8.76. The van der Waals surface area contributed by atoms with Crippen LogP contribution in [0.15, 0.2) is 0 Å². The summed E-state index contributed by atoms with van der Waals surface area (Å²) in [6, 6.07) is 0. The van der Waals surface area contributed by atoms with Crippen LogP contribution in [0, 0.1) is 0 Å². The molecule has 0 amide bonds. The third-order valence-electron chi connectivity index (χ3n) is 2.68. The Morgan fingerprint density at radius 1 is 1.14 bits per heavy atom. The van der Waals surface area contributed by atoms with E-state index in [4.69, 9.17) is 9.46 Å². The lowest BCUT2D eigenvalue weighted by atomic mass is 10.3. The van der Waals surface area contributed by atoms with Crippen molar-refractivity contribution in [3.05, 3.63) is 0 Å². The Labute approximate surface area is 90.8 Å². The molecule has 1 unspecified atom stereocenters. The minimum Gasteiger partial charge on any atom is -0.763 e. The monoisotopic (exact) mass is 247 g/mol. The second-order valence-corrected chi connectivity index (χ2v) is 5.06. The quantitative estimate of drug-likeness (QED) is 0.566. The lowest BCUT2D eigenvalue weighted by Crippen LogP contribution is -2.47. The molecular formula is C8H20ClFNO2P. The molecule has 14 heavy (non-hydrogen) atoms. The molecule has 0 aliphatic heterocycles. The molecular weight excluding hydrogens is 228 g/mol. The van der Waals surface area contributed by atoms with Gasteiger partial charge in [0.1, 0.15) is 0 Å². The molecule has 6 heteroatoms. The van der Waals surface area contributed by atoms with Crippen LogP contribution in [0.1, 0.15) is 27.7 Å². The summed E-state index contributed by atoms with van der Waals surface area (Å²) in [5.41, 5.74) is 0. The zero-order valence-electron chi connectivity index (χ0n) is 9.30. The third kappa shape index (κ3) is 10.5. The average Bonchev–Trinajstić information content (AvgIpc) is 2.07. The van der Waals surface area contributed by atoms with E-state index in [1.165, 1.54) is 30.7 Å². The van der Waals surface area contributed by atoms with Crippen molar-refractivity contribution >= 4 is 18.3 Å². The predicted molar refractivity (Wildman–Crippen MR) is 57.0 cm³/mol. The lowest BCUT2D eigenvalue weighted by molar-refractivity contribution is -0.921. The van der Waals surface area contributed by atoms with Crippen LogP contribution in [-0.4, -0.2) is 30.7 Å². The first kappa shape index (κ1) is 16.8. The number of halogens is 2. The number of quaternary nitrogens is 1. The van der Waals surface area contributed by atoms with Crippen molar-refractivity contribution in [3.63, 3.8) is 0 Å². The standard InChI is InChI=1S/C8H20N.ClFHO2P/c1-5-9(6-2,7-3)8-4;1-5(2,3)4/h5-8H2,1-4H3;(H,3,4)/q+1;/p-1. The van der Waals surface area contributed by atoms with E-state index < -0.39 is 7.03 Å². The van der Waals surface area contributed by atoms with Gasteiger partial charge in [0.05, 0.1) is 26.2 Å². The summed E-state index contributed by atoms with van der Waals surface area (Å²) < 4.78 is 20.5. The van der Waals surface area contributed by atoms with Crippen LogP contribution in [0.25, 0.3) is 0 Å². The molecule has 1 atom stereocenters. The topological polar surface area (TPSA) is 40.1 Å². The molecule has 0 aromatic heterocycles. The molecule has 0 rings (SSSR count). The highest BCUT2D eigenvalue weighted by molar-refractivity contribution is 7.79. The fourth-order valence-corrected chi connectivity index (χ4v) is 1.34. The number of hydrogen-bond donors (Lipinski definition) is 0. The molecule has 0 heterocycles. The van der Waals surface area contributed by atoms with E-state index in [0.29, 0.717) is 0 Å². The van der Waals surface area contributed by atoms with Crippen LogP contribution in [0.5, 0.6) is 0 Å². The summed E-state index contributed by atoms with van der Waals surface area (Å²) >= 11 is 3.86.